The number of rotatable bonds is 0. The molecular weight excluding hydrogens is 232 g/mol. The molecule has 1 saturated carbocycles. The molecule has 0 N–H and O–H groups in total. The van der Waals surface area contributed by atoms with Gasteiger partial charge in [-0.05, 0) is 25.2 Å². The highest BCUT2D eigenvalue weighted by Gasteiger charge is 2.61. The topological polar surface area (TPSA) is 49.9 Å². The van der Waals surface area contributed by atoms with Crippen molar-refractivity contribution in [3.63, 3.8) is 0 Å². The minimum absolute atomic E-state index is 0.0440. The number of carbonyl (C=O) groups excluding carboxylic acids is 2. The Bertz CT molecular complexity index is 424. The van der Waals surface area contributed by atoms with E-state index in [-0.39, 0.29) is 23.8 Å². The van der Waals surface area contributed by atoms with Crippen molar-refractivity contribution >= 4 is 11.8 Å². The molecular formula is C13H18N2O3. The van der Waals surface area contributed by atoms with Crippen LogP contribution in [0.1, 0.15) is 32.1 Å². The molecule has 3 saturated heterocycles. The highest BCUT2D eigenvalue weighted by atomic mass is 16.7. The van der Waals surface area contributed by atoms with Gasteiger partial charge in [0.25, 0.3) is 5.91 Å². The van der Waals surface area contributed by atoms with Gasteiger partial charge in [0.05, 0.1) is 12.0 Å². The number of likely N-dealkylation sites (N-methyl/N-ethyl adjacent to an activating group) is 1. The minimum Gasteiger partial charge on any atom is -0.284 e. The summed E-state index contributed by atoms with van der Waals surface area (Å²) in [6.45, 7) is 0. The zero-order valence-corrected chi connectivity index (χ0v) is 10.5. The normalized spacial score (nSPS) is 47.4. The zero-order chi connectivity index (χ0) is 12.4. The lowest BCUT2D eigenvalue weighted by molar-refractivity contribution is -0.216. The van der Waals surface area contributed by atoms with Gasteiger partial charge in [0, 0.05) is 13.1 Å². The standard InChI is InChI=1S/C13H18N2O3/c1-14-12(16)10-9-6-7-3-2-4-8(5-7)15(9)18-11(10)13(14)17/h7-11H,2-6H2,1H3/t7-,8+,9+,10+,11-/m1/s1. The van der Waals surface area contributed by atoms with Crippen molar-refractivity contribution in [1.29, 1.82) is 0 Å². The number of carbonyl (C=O) groups is 2. The molecule has 2 amide bonds. The molecule has 0 aromatic carbocycles. The molecule has 5 nitrogen and oxygen atoms in total. The molecule has 5 heteroatoms. The van der Waals surface area contributed by atoms with E-state index in [1.807, 2.05) is 5.06 Å². The molecule has 1 aliphatic carbocycles. The summed E-state index contributed by atoms with van der Waals surface area (Å²) in [6.07, 6.45) is 5.32. The fourth-order valence-electron chi connectivity index (χ4n) is 4.31. The molecule has 5 atom stereocenters. The van der Waals surface area contributed by atoms with Gasteiger partial charge in [-0.25, -0.2) is 0 Å². The third kappa shape index (κ3) is 1.24. The first-order chi connectivity index (χ1) is 8.66. The van der Waals surface area contributed by atoms with E-state index in [4.69, 9.17) is 4.84 Å². The second-order valence-electron chi connectivity index (χ2n) is 6.14. The number of nitrogens with zero attached hydrogens (tertiary/aromatic N) is 2. The molecule has 0 aromatic rings. The first-order valence-corrected chi connectivity index (χ1v) is 6.93. The smallest absolute Gasteiger partial charge is 0.261 e. The fourth-order valence-corrected chi connectivity index (χ4v) is 4.31. The number of piperidine rings is 1. The van der Waals surface area contributed by atoms with Crippen molar-refractivity contribution in [2.24, 2.45) is 11.8 Å². The van der Waals surface area contributed by atoms with Gasteiger partial charge in [-0.2, -0.15) is 5.06 Å². The average molecular weight is 250 g/mol. The summed E-state index contributed by atoms with van der Waals surface area (Å²) < 4.78 is 0. The number of likely N-dealkylation sites (tertiary alicyclic amines) is 1. The lowest BCUT2D eigenvalue weighted by atomic mass is 9.75. The first kappa shape index (κ1) is 10.9. The maximum Gasteiger partial charge on any atom is 0.261 e. The number of imide groups is 1. The van der Waals surface area contributed by atoms with Crippen molar-refractivity contribution in [3.8, 4) is 0 Å². The highest BCUT2D eigenvalue weighted by molar-refractivity contribution is 6.06. The van der Waals surface area contributed by atoms with E-state index in [0.717, 1.165) is 18.8 Å². The molecule has 18 heavy (non-hydrogen) atoms. The Labute approximate surface area is 106 Å². The Morgan fingerprint density at radius 1 is 1.17 bits per heavy atom. The lowest BCUT2D eigenvalue weighted by Gasteiger charge is -2.44. The van der Waals surface area contributed by atoms with Crippen LogP contribution >= 0.6 is 0 Å². The highest BCUT2D eigenvalue weighted by Crippen LogP contribution is 2.47. The maximum atomic E-state index is 12.2. The van der Waals surface area contributed by atoms with Crippen molar-refractivity contribution in [2.75, 3.05) is 7.05 Å². The van der Waals surface area contributed by atoms with Crippen LogP contribution in [0.5, 0.6) is 0 Å². The van der Waals surface area contributed by atoms with Gasteiger partial charge in [-0.3, -0.25) is 19.3 Å². The van der Waals surface area contributed by atoms with Gasteiger partial charge in [0.15, 0.2) is 6.10 Å². The summed E-state index contributed by atoms with van der Waals surface area (Å²) in [7, 11) is 1.57. The van der Waals surface area contributed by atoms with Crippen molar-refractivity contribution in [2.45, 2.75) is 50.3 Å². The predicted molar refractivity (Wildman–Crippen MR) is 62.1 cm³/mol. The Hall–Kier alpha value is -0.940. The van der Waals surface area contributed by atoms with Crippen molar-refractivity contribution < 1.29 is 14.4 Å². The first-order valence-electron chi connectivity index (χ1n) is 6.93. The van der Waals surface area contributed by atoms with E-state index in [0.29, 0.717) is 6.04 Å². The predicted octanol–water partition coefficient (Wildman–Crippen LogP) is 0.548. The van der Waals surface area contributed by atoms with Crippen LogP contribution in [-0.4, -0.2) is 47.0 Å². The van der Waals surface area contributed by atoms with Gasteiger partial charge >= 0.3 is 0 Å². The van der Waals surface area contributed by atoms with E-state index in [9.17, 15) is 9.59 Å². The molecule has 0 radical (unpaired) electrons. The largest absolute Gasteiger partial charge is 0.284 e. The Kier molecular flexibility index (Phi) is 2.15. The van der Waals surface area contributed by atoms with Gasteiger partial charge in [0.2, 0.25) is 5.91 Å². The van der Waals surface area contributed by atoms with Crippen LogP contribution in [0, 0.1) is 11.8 Å². The van der Waals surface area contributed by atoms with Crippen molar-refractivity contribution in [3.05, 3.63) is 0 Å². The lowest BCUT2D eigenvalue weighted by Crippen LogP contribution is -2.50. The van der Waals surface area contributed by atoms with E-state index in [1.165, 1.54) is 24.2 Å². The number of hydrogen-bond donors (Lipinski definition) is 0. The van der Waals surface area contributed by atoms with E-state index in [2.05, 4.69) is 0 Å². The van der Waals surface area contributed by atoms with Crippen LogP contribution in [-0.2, 0) is 14.4 Å². The second kappa shape index (κ2) is 3.54. The van der Waals surface area contributed by atoms with Crippen LogP contribution in [0.3, 0.4) is 0 Å². The van der Waals surface area contributed by atoms with E-state index in [1.54, 1.807) is 7.05 Å². The number of fused-ring (bicyclic) bond motifs is 6. The summed E-state index contributed by atoms with van der Waals surface area (Å²) in [6, 6.07) is 0.569. The average Bonchev–Trinajstić information content (AvgIpc) is 2.84. The van der Waals surface area contributed by atoms with Crippen molar-refractivity contribution in [1.82, 2.24) is 9.96 Å². The SMILES string of the molecule is CN1C(=O)[C@@H]2[C@@H](ON3[C@H]4CCC[C@H](C4)C[C@@H]23)C1=O. The molecule has 2 bridgehead atoms. The molecule has 98 valence electrons. The van der Waals surface area contributed by atoms with Crippen LogP contribution in [0.2, 0.25) is 0 Å². The Morgan fingerprint density at radius 3 is 2.83 bits per heavy atom. The molecule has 0 aromatic heterocycles. The second-order valence-corrected chi connectivity index (χ2v) is 6.14. The monoisotopic (exact) mass is 250 g/mol. The van der Waals surface area contributed by atoms with Crippen LogP contribution in [0.25, 0.3) is 0 Å². The summed E-state index contributed by atoms with van der Waals surface area (Å²) in [4.78, 5) is 31.3. The van der Waals surface area contributed by atoms with Crippen LogP contribution < -0.4 is 0 Å². The molecule has 4 rings (SSSR count). The third-order valence-corrected chi connectivity index (χ3v) is 5.18. The van der Waals surface area contributed by atoms with Gasteiger partial charge in [-0.15, -0.1) is 0 Å². The summed E-state index contributed by atoms with van der Waals surface area (Å²) in [5.41, 5.74) is 0. The number of hydroxylamine groups is 2. The number of amides is 2. The Morgan fingerprint density at radius 2 is 2.00 bits per heavy atom. The molecule has 4 aliphatic rings. The Balaban J connectivity index is 1.68. The van der Waals surface area contributed by atoms with E-state index >= 15 is 0 Å². The quantitative estimate of drug-likeness (QED) is 0.589. The maximum absolute atomic E-state index is 12.2. The third-order valence-electron chi connectivity index (χ3n) is 5.18. The fraction of sp³-hybridized carbons (Fsp3) is 0.846. The molecule has 0 spiro atoms. The summed E-state index contributed by atoms with van der Waals surface area (Å²) in [5.74, 6) is 0.276. The van der Waals surface area contributed by atoms with E-state index < -0.39 is 6.10 Å². The number of hydrogen-bond acceptors (Lipinski definition) is 4. The van der Waals surface area contributed by atoms with Gasteiger partial charge < -0.3 is 0 Å². The molecule has 4 fully saturated rings. The van der Waals surface area contributed by atoms with Gasteiger partial charge in [0.1, 0.15) is 0 Å². The molecule has 3 heterocycles. The molecule has 0 unspecified atom stereocenters. The minimum atomic E-state index is -0.535. The zero-order valence-electron chi connectivity index (χ0n) is 10.5. The summed E-state index contributed by atoms with van der Waals surface area (Å²) >= 11 is 0. The van der Waals surface area contributed by atoms with Crippen LogP contribution in [0.15, 0.2) is 0 Å². The summed E-state index contributed by atoms with van der Waals surface area (Å²) in [5, 5.41) is 2.01. The van der Waals surface area contributed by atoms with Gasteiger partial charge in [-0.1, -0.05) is 12.8 Å². The van der Waals surface area contributed by atoms with Crippen LogP contribution in [0.4, 0.5) is 0 Å². The molecule has 3 aliphatic heterocycles.